The molecule has 0 bridgehead atoms. The molecule has 0 fully saturated rings. The topological polar surface area (TPSA) is 83.0 Å². The highest BCUT2D eigenvalue weighted by molar-refractivity contribution is 5.82. The minimum atomic E-state index is -0.155. The van der Waals surface area contributed by atoms with Crippen LogP contribution in [0.15, 0.2) is 64.8 Å². The van der Waals surface area contributed by atoms with Crippen molar-refractivity contribution in [2.45, 2.75) is 0 Å². The van der Waals surface area contributed by atoms with Crippen LogP contribution in [-0.2, 0) is 0 Å². The number of nitrogens with one attached hydrogen (secondary N) is 1. The maximum atomic E-state index is 8.41. The normalized spacial score (nSPS) is 11.7. The van der Waals surface area contributed by atoms with Gasteiger partial charge in [-0.05, 0) is 16.7 Å². The molecule has 0 aliphatic carbocycles. The van der Waals surface area contributed by atoms with E-state index >= 15 is 0 Å². The number of nitrogens with zero attached hydrogens (tertiary/aromatic N) is 2. The first-order valence-electron chi connectivity index (χ1n) is 5.71. The molecular weight excluding hydrogens is 240 g/mol. The molecule has 2 aromatic carbocycles. The van der Waals surface area contributed by atoms with E-state index < -0.39 is 0 Å². The molecule has 0 aliphatic rings. The summed E-state index contributed by atoms with van der Waals surface area (Å²) in [5, 5.41) is 15.7. The van der Waals surface area contributed by atoms with Gasteiger partial charge in [-0.1, -0.05) is 54.6 Å². The van der Waals surface area contributed by atoms with Gasteiger partial charge in [0.2, 0.25) is 5.96 Å². The van der Waals surface area contributed by atoms with Crippen molar-refractivity contribution in [3.8, 4) is 11.1 Å². The van der Waals surface area contributed by atoms with Gasteiger partial charge >= 0.3 is 0 Å². The Hall–Kier alpha value is -2.66. The Morgan fingerprint density at radius 2 is 1.63 bits per heavy atom. The molecule has 0 spiro atoms. The smallest absolute Gasteiger partial charge is 0.237 e. The van der Waals surface area contributed by atoms with Gasteiger partial charge in [0.15, 0.2) is 0 Å². The molecule has 0 saturated heterocycles. The van der Waals surface area contributed by atoms with Gasteiger partial charge in [0.25, 0.3) is 0 Å². The standard InChI is InChI=1S/C14H14N4O/c15-14(18-19)17-16-10-11-6-8-13(9-7-11)12-4-2-1-3-5-12/h1-10,19H,(H3,15,17,18). The van der Waals surface area contributed by atoms with Crippen LogP contribution in [0.2, 0.25) is 0 Å². The van der Waals surface area contributed by atoms with Crippen molar-refractivity contribution in [1.82, 2.24) is 5.48 Å². The summed E-state index contributed by atoms with van der Waals surface area (Å²) in [6.07, 6.45) is 1.55. The Kier molecular flexibility index (Phi) is 4.25. The van der Waals surface area contributed by atoms with Crippen molar-refractivity contribution in [2.75, 3.05) is 0 Å². The van der Waals surface area contributed by atoms with Crippen LogP contribution in [-0.4, -0.2) is 17.4 Å². The van der Waals surface area contributed by atoms with Gasteiger partial charge in [0.1, 0.15) is 0 Å². The van der Waals surface area contributed by atoms with Crippen LogP contribution in [0.4, 0.5) is 0 Å². The minimum absolute atomic E-state index is 0.155. The second kappa shape index (κ2) is 6.32. The van der Waals surface area contributed by atoms with Crippen molar-refractivity contribution in [3.63, 3.8) is 0 Å². The zero-order valence-corrected chi connectivity index (χ0v) is 10.2. The first kappa shape index (κ1) is 12.8. The second-order valence-corrected chi connectivity index (χ2v) is 3.83. The van der Waals surface area contributed by atoms with Crippen molar-refractivity contribution >= 4 is 12.2 Å². The predicted molar refractivity (Wildman–Crippen MR) is 76.0 cm³/mol. The molecule has 0 unspecified atom stereocenters. The summed E-state index contributed by atoms with van der Waals surface area (Å²) in [4.78, 5) is 0. The summed E-state index contributed by atoms with van der Waals surface area (Å²) in [5.74, 6) is -0.155. The molecule has 0 heterocycles. The van der Waals surface area contributed by atoms with Crippen LogP contribution in [0.3, 0.4) is 0 Å². The summed E-state index contributed by atoms with van der Waals surface area (Å²) in [6, 6.07) is 18.0. The number of benzene rings is 2. The minimum Gasteiger partial charge on any atom is -0.367 e. The van der Waals surface area contributed by atoms with E-state index in [9.17, 15) is 0 Å². The third kappa shape index (κ3) is 3.65. The maximum absolute atomic E-state index is 8.41. The number of nitrogens with two attached hydrogens (primary N) is 1. The summed E-state index contributed by atoms with van der Waals surface area (Å²) in [7, 11) is 0. The van der Waals surface area contributed by atoms with E-state index in [2.05, 4.69) is 22.3 Å². The third-order valence-corrected chi connectivity index (χ3v) is 2.50. The lowest BCUT2D eigenvalue weighted by atomic mass is 10.0. The van der Waals surface area contributed by atoms with E-state index in [1.54, 1.807) is 11.7 Å². The Balaban J connectivity index is 2.11. The van der Waals surface area contributed by atoms with E-state index in [-0.39, 0.29) is 5.96 Å². The maximum Gasteiger partial charge on any atom is 0.237 e. The van der Waals surface area contributed by atoms with Crippen molar-refractivity contribution in [2.24, 2.45) is 15.9 Å². The van der Waals surface area contributed by atoms with Crippen LogP contribution in [0.1, 0.15) is 5.56 Å². The monoisotopic (exact) mass is 254 g/mol. The van der Waals surface area contributed by atoms with Crippen molar-refractivity contribution in [1.29, 1.82) is 0 Å². The molecular formula is C14H14N4O. The van der Waals surface area contributed by atoms with Crippen LogP contribution >= 0.6 is 0 Å². The molecule has 4 N–H and O–H groups in total. The largest absolute Gasteiger partial charge is 0.367 e. The molecule has 2 rings (SSSR count). The average molecular weight is 254 g/mol. The molecule has 0 amide bonds. The van der Waals surface area contributed by atoms with Gasteiger partial charge in [0, 0.05) is 0 Å². The zero-order valence-electron chi connectivity index (χ0n) is 10.2. The highest BCUT2D eigenvalue weighted by atomic mass is 16.5. The molecule has 5 nitrogen and oxygen atoms in total. The second-order valence-electron chi connectivity index (χ2n) is 3.83. The Morgan fingerprint density at radius 1 is 1.00 bits per heavy atom. The SMILES string of the molecule is NC(=NN=Cc1ccc(-c2ccccc2)cc1)NO. The van der Waals surface area contributed by atoms with Gasteiger partial charge in [-0.15, -0.1) is 5.10 Å². The van der Waals surface area contributed by atoms with Gasteiger partial charge in [0.05, 0.1) is 6.21 Å². The van der Waals surface area contributed by atoms with E-state index in [0.717, 1.165) is 16.7 Å². The van der Waals surface area contributed by atoms with Gasteiger partial charge in [-0.25, -0.2) is 5.48 Å². The molecule has 0 aromatic heterocycles. The quantitative estimate of drug-likeness (QED) is 0.445. The summed E-state index contributed by atoms with van der Waals surface area (Å²) in [5.41, 5.74) is 10.1. The molecule has 0 radical (unpaired) electrons. The zero-order chi connectivity index (χ0) is 13.5. The Labute approximate surface area is 111 Å². The van der Waals surface area contributed by atoms with Crippen LogP contribution in [0.25, 0.3) is 11.1 Å². The molecule has 96 valence electrons. The highest BCUT2D eigenvalue weighted by Crippen LogP contribution is 2.18. The Morgan fingerprint density at radius 3 is 2.26 bits per heavy atom. The number of guanidine groups is 1. The predicted octanol–water partition coefficient (Wildman–Crippen LogP) is 1.98. The van der Waals surface area contributed by atoms with E-state index in [1.807, 2.05) is 42.5 Å². The highest BCUT2D eigenvalue weighted by Gasteiger charge is 1.95. The molecule has 0 atom stereocenters. The summed E-state index contributed by atoms with van der Waals surface area (Å²) >= 11 is 0. The van der Waals surface area contributed by atoms with E-state index in [1.165, 1.54) is 0 Å². The van der Waals surface area contributed by atoms with E-state index in [4.69, 9.17) is 10.9 Å². The van der Waals surface area contributed by atoms with E-state index in [0.29, 0.717) is 0 Å². The van der Waals surface area contributed by atoms with Crippen molar-refractivity contribution < 1.29 is 5.21 Å². The van der Waals surface area contributed by atoms with Crippen LogP contribution in [0.5, 0.6) is 0 Å². The number of hydrogen-bond donors (Lipinski definition) is 3. The number of hydrogen-bond acceptors (Lipinski definition) is 3. The lowest BCUT2D eigenvalue weighted by molar-refractivity contribution is 0.232. The first-order valence-corrected chi connectivity index (χ1v) is 5.71. The van der Waals surface area contributed by atoms with Gasteiger partial charge < -0.3 is 5.73 Å². The number of rotatable bonds is 3. The lowest BCUT2D eigenvalue weighted by Crippen LogP contribution is -2.27. The van der Waals surface area contributed by atoms with Gasteiger partial charge in [-0.2, -0.15) is 5.10 Å². The Bertz CT molecular complexity index is 576. The van der Waals surface area contributed by atoms with Gasteiger partial charge in [-0.3, -0.25) is 5.21 Å². The lowest BCUT2D eigenvalue weighted by Gasteiger charge is -2.01. The van der Waals surface area contributed by atoms with Crippen LogP contribution < -0.4 is 11.2 Å². The third-order valence-electron chi connectivity index (χ3n) is 2.50. The van der Waals surface area contributed by atoms with Crippen LogP contribution in [0, 0.1) is 0 Å². The summed E-state index contributed by atoms with van der Waals surface area (Å²) < 4.78 is 0. The molecule has 19 heavy (non-hydrogen) atoms. The molecule has 0 saturated carbocycles. The first-order chi connectivity index (χ1) is 9.29. The molecule has 5 heteroatoms. The fourth-order valence-electron chi connectivity index (χ4n) is 1.57. The number of hydroxylamine groups is 1. The fraction of sp³-hybridized carbons (Fsp3) is 0. The van der Waals surface area contributed by atoms with Crippen molar-refractivity contribution in [3.05, 3.63) is 60.2 Å². The molecule has 2 aromatic rings. The molecule has 0 aliphatic heterocycles. The fourth-order valence-corrected chi connectivity index (χ4v) is 1.57. The average Bonchev–Trinajstić information content (AvgIpc) is 2.48. The summed E-state index contributed by atoms with van der Waals surface area (Å²) in [6.45, 7) is 0.